The first-order chi connectivity index (χ1) is 4.36. The second kappa shape index (κ2) is 1.73. The van der Waals surface area contributed by atoms with Crippen LogP contribution in [0.5, 0.6) is 0 Å². The van der Waals surface area contributed by atoms with Crippen molar-refractivity contribution in [3.63, 3.8) is 0 Å². The molecule has 0 spiro atoms. The van der Waals surface area contributed by atoms with Gasteiger partial charge in [-0.2, -0.15) is 0 Å². The summed E-state index contributed by atoms with van der Waals surface area (Å²) in [5.74, 6) is 0.970. The first-order valence-corrected chi connectivity index (χ1v) is 3.73. The van der Waals surface area contributed by atoms with Crippen molar-refractivity contribution in [3.05, 3.63) is 23.8 Å². The van der Waals surface area contributed by atoms with Gasteiger partial charge in [-0.1, -0.05) is 18.2 Å². The molecule has 2 bridgehead atoms. The van der Waals surface area contributed by atoms with Crippen LogP contribution in [-0.4, -0.2) is 0 Å². The third-order valence-corrected chi connectivity index (χ3v) is 2.46. The van der Waals surface area contributed by atoms with Gasteiger partial charge in [-0.15, -0.1) is 0 Å². The molecule has 0 amide bonds. The van der Waals surface area contributed by atoms with Gasteiger partial charge in [0.25, 0.3) is 0 Å². The summed E-state index contributed by atoms with van der Waals surface area (Å²) in [4.78, 5) is 0. The Labute approximate surface area is 56.3 Å². The van der Waals surface area contributed by atoms with Crippen molar-refractivity contribution < 1.29 is 0 Å². The van der Waals surface area contributed by atoms with Crippen LogP contribution in [0.3, 0.4) is 0 Å². The molecule has 1 fully saturated rings. The molecule has 0 aromatic rings. The van der Waals surface area contributed by atoms with Crippen molar-refractivity contribution in [2.45, 2.75) is 25.7 Å². The van der Waals surface area contributed by atoms with Crippen molar-refractivity contribution >= 4 is 0 Å². The Morgan fingerprint density at radius 2 is 2.33 bits per heavy atom. The first-order valence-electron chi connectivity index (χ1n) is 3.73. The Morgan fingerprint density at radius 1 is 1.44 bits per heavy atom. The Balaban J connectivity index is 2.33. The first kappa shape index (κ1) is 5.28. The maximum absolute atomic E-state index is 4.03. The van der Waals surface area contributed by atoms with Crippen LogP contribution >= 0.6 is 0 Å². The molecule has 0 heterocycles. The van der Waals surface area contributed by atoms with Crippen LogP contribution < -0.4 is 0 Å². The minimum Gasteiger partial charge on any atom is -0.0956 e. The van der Waals surface area contributed by atoms with Gasteiger partial charge in [-0.05, 0) is 37.2 Å². The molecule has 2 aliphatic carbocycles. The molecule has 0 radical (unpaired) electrons. The zero-order valence-electron chi connectivity index (χ0n) is 5.69. The normalized spacial score (nSPS) is 32.7. The molecule has 2 aliphatic rings. The summed E-state index contributed by atoms with van der Waals surface area (Å²) in [5.41, 5.74) is 2.98. The quantitative estimate of drug-likeness (QED) is 0.461. The van der Waals surface area contributed by atoms with Crippen LogP contribution in [0, 0.1) is 5.92 Å². The van der Waals surface area contributed by atoms with Crippen molar-refractivity contribution in [1.29, 1.82) is 0 Å². The van der Waals surface area contributed by atoms with Crippen LogP contribution in [0.25, 0.3) is 0 Å². The lowest BCUT2D eigenvalue weighted by Gasteiger charge is -2.08. The molecule has 0 saturated heterocycles. The third-order valence-electron chi connectivity index (χ3n) is 2.46. The van der Waals surface area contributed by atoms with Gasteiger partial charge in [-0.25, -0.2) is 0 Å². The molecule has 0 nitrogen and oxygen atoms in total. The average Bonchev–Trinajstić information content (AvgIpc) is 2.09. The Kier molecular flexibility index (Phi) is 1.01. The zero-order chi connectivity index (χ0) is 6.27. The molecular weight excluding hydrogens is 108 g/mol. The minimum absolute atomic E-state index is 0.970. The van der Waals surface area contributed by atoms with E-state index >= 15 is 0 Å². The predicted molar refractivity (Wildman–Crippen MR) is 39.2 cm³/mol. The molecule has 0 aliphatic heterocycles. The molecule has 2 rings (SSSR count). The van der Waals surface area contributed by atoms with Crippen molar-refractivity contribution in [2.75, 3.05) is 0 Å². The van der Waals surface area contributed by atoms with Gasteiger partial charge >= 0.3 is 0 Å². The summed E-state index contributed by atoms with van der Waals surface area (Å²) >= 11 is 0. The summed E-state index contributed by atoms with van der Waals surface area (Å²) < 4.78 is 0. The lowest BCUT2D eigenvalue weighted by atomic mass is 9.97. The van der Waals surface area contributed by atoms with Gasteiger partial charge in [-0.3, -0.25) is 0 Å². The number of hydrogen-bond donors (Lipinski definition) is 0. The summed E-state index contributed by atoms with van der Waals surface area (Å²) in [6, 6.07) is 0. The maximum Gasteiger partial charge on any atom is -0.0248 e. The minimum atomic E-state index is 0.970. The van der Waals surface area contributed by atoms with E-state index in [1.165, 1.54) is 31.3 Å². The number of rotatable bonds is 0. The highest BCUT2D eigenvalue weighted by molar-refractivity contribution is 5.35. The smallest absolute Gasteiger partial charge is 0.0248 e. The summed E-state index contributed by atoms with van der Waals surface area (Å²) in [7, 11) is 0. The Hall–Kier alpha value is -0.520. The number of hydrogen-bond acceptors (Lipinski definition) is 0. The summed E-state index contributed by atoms with van der Waals surface area (Å²) in [6.45, 7) is 4.03. The van der Waals surface area contributed by atoms with Crippen LogP contribution in [0.1, 0.15) is 25.7 Å². The molecular formula is C9H12. The third kappa shape index (κ3) is 0.735. The van der Waals surface area contributed by atoms with Crippen LogP contribution in [0.4, 0.5) is 0 Å². The van der Waals surface area contributed by atoms with Crippen molar-refractivity contribution in [1.82, 2.24) is 0 Å². The van der Waals surface area contributed by atoms with Gasteiger partial charge in [0, 0.05) is 0 Å². The lowest BCUT2D eigenvalue weighted by Crippen LogP contribution is -1.94. The fraction of sp³-hybridized carbons (Fsp3) is 0.556. The fourth-order valence-corrected chi connectivity index (χ4v) is 1.93. The van der Waals surface area contributed by atoms with E-state index in [0.29, 0.717) is 0 Å². The second-order valence-corrected chi connectivity index (χ2v) is 3.18. The van der Waals surface area contributed by atoms with Gasteiger partial charge in [0.15, 0.2) is 0 Å². The van der Waals surface area contributed by atoms with Crippen LogP contribution in [0.15, 0.2) is 23.8 Å². The molecule has 1 atom stereocenters. The number of fused-ring (bicyclic) bond motifs is 2. The van der Waals surface area contributed by atoms with E-state index in [2.05, 4.69) is 12.7 Å². The van der Waals surface area contributed by atoms with Gasteiger partial charge in [0.2, 0.25) is 0 Å². The van der Waals surface area contributed by atoms with E-state index in [0.717, 1.165) is 5.92 Å². The molecule has 1 unspecified atom stereocenters. The lowest BCUT2D eigenvalue weighted by molar-refractivity contribution is 0.515. The largest absolute Gasteiger partial charge is 0.0956 e. The van der Waals surface area contributed by atoms with Gasteiger partial charge < -0.3 is 0 Å². The average molecular weight is 120 g/mol. The van der Waals surface area contributed by atoms with E-state index in [-0.39, 0.29) is 0 Å². The van der Waals surface area contributed by atoms with Crippen molar-refractivity contribution in [3.8, 4) is 0 Å². The molecule has 0 heteroatoms. The van der Waals surface area contributed by atoms with E-state index in [1.807, 2.05) is 0 Å². The topological polar surface area (TPSA) is 0 Å². The molecule has 1 saturated carbocycles. The highest BCUT2D eigenvalue weighted by Gasteiger charge is 2.24. The number of allylic oxidation sites excluding steroid dienone is 3. The maximum atomic E-state index is 4.03. The van der Waals surface area contributed by atoms with Crippen LogP contribution in [0.2, 0.25) is 0 Å². The van der Waals surface area contributed by atoms with Gasteiger partial charge in [0.1, 0.15) is 0 Å². The van der Waals surface area contributed by atoms with E-state index in [1.54, 1.807) is 5.57 Å². The molecule has 9 heavy (non-hydrogen) atoms. The van der Waals surface area contributed by atoms with E-state index in [9.17, 15) is 0 Å². The van der Waals surface area contributed by atoms with E-state index < -0.39 is 0 Å². The fourth-order valence-electron chi connectivity index (χ4n) is 1.93. The molecule has 0 aromatic heterocycles. The van der Waals surface area contributed by atoms with Crippen molar-refractivity contribution in [2.24, 2.45) is 5.92 Å². The SMILES string of the molecule is C=C1CC2CCC=C1C2. The second-order valence-electron chi connectivity index (χ2n) is 3.18. The molecule has 48 valence electrons. The van der Waals surface area contributed by atoms with Gasteiger partial charge in [0.05, 0.1) is 0 Å². The zero-order valence-corrected chi connectivity index (χ0v) is 5.69. The van der Waals surface area contributed by atoms with E-state index in [4.69, 9.17) is 0 Å². The standard InChI is InChI=1S/C9H12/c1-7-5-8-3-2-4-9(7)6-8/h4,8H,1-3,5-6H2. The summed E-state index contributed by atoms with van der Waals surface area (Å²) in [5, 5.41) is 0. The molecule has 0 aromatic carbocycles. The monoisotopic (exact) mass is 120 g/mol. The Morgan fingerprint density at radius 3 is 3.00 bits per heavy atom. The predicted octanol–water partition coefficient (Wildman–Crippen LogP) is 2.67. The van der Waals surface area contributed by atoms with Crippen LogP contribution in [-0.2, 0) is 0 Å². The summed E-state index contributed by atoms with van der Waals surface area (Å²) in [6.07, 6.45) is 7.69. The highest BCUT2D eigenvalue weighted by atomic mass is 14.3. The highest BCUT2D eigenvalue weighted by Crippen LogP contribution is 2.40. The Bertz CT molecular complexity index is 174. The molecule has 0 N–H and O–H groups in total.